The number of aromatic amines is 1. The smallest absolute Gasteiger partial charge is 0.347 e. The molecule has 2 N–H and O–H groups in total. The van der Waals surface area contributed by atoms with Crippen molar-refractivity contribution >= 4 is 16.9 Å². The van der Waals surface area contributed by atoms with Crippen LogP contribution in [0.15, 0.2) is 54.9 Å². The van der Waals surface area contributed by atoms with Crippen molar-refractivity contribution in [1.29, 1.82) is 0 Å². The van der Waals surface area contributed by atoms with Crippen LogP contribution in [0.25, 0.3) is 22.3 Å². The molecule has 0 bridgehead atoms. The van der Waals surface area contributed by atoms with Gasteiger partial charge in [0.05, 0.1) is 11.1 Å². The van der Waals surface area contributed by atoms with Crippen LogP contribution in [0.5, 0.6) is 0 Å². The Hall–Kier alpha value is -3.79. The predicted octanol–water partition coefficient (Wildman–Crippen LogP) is 4.56. The van der Waals surface area contributed by atoms with Crippen LogP contribution in [0, 0.1) is 6.92 Å². The number of hydrogen-bond donors (Lipinski definition) is 2. The Kier molecular flexibility index (Phi) is 6.21. The molecule has 1 saturated heterocycles. The topological polar surface area (TPSA) is 86.8 Å². The summed E-state index contributed by atoms with van der Waals surface area (Å²) in [7, 11) is 0. The molecule has 4 aromatic rings. The maximum Gasteiger partial charge on any atom is 0.416 e. The molecular formula is C26H25F3N6O. The van der Waals surface area contributed by atoms with Crippen LogP contribution >= 0.6 is 0 Å². The maximum absolute atomic E-state index is 13.7. The third kappa shape index (κ3) is 4.56. The molecule has 1 aromatic carbocycles. The fourth-order valence-corrected chi connectivity index (χ4v) is 4.88. The SMILES string of the molecule is CCN1C[C@@H](NC(=O)c2cnc3[nH]nc(-c4ccnc(C)c4)c3c2)[C@H](c2ccccc2C(F)(F)F)C1. The highest BCUT2D eigenvalue weighted by atomic mass is 19.4. The Labute approximate surface area is 205 Å². The number of aryl methyl sites for hydroxylation is 1. The van der Waals surface area contributed by atoms with E-state index in [4.69, 9.17) is 0 Å². The van der Waals surface area contributed by atoms with Crippen LogP contribution in [0.2, 0.25) is 0 Å². The number of likely N-dealkylation sites (N-methyl/N-ethyl adjacent to an activating group) is 1. The summed E-state index contributed by atoms with van der Waals surface area (Å²) in [6, 6.07) is 10.5. The number of rotatable bonds is 5. The summed E-state index contributed by atoms with van der Waals surface area (Å²) in [6.07, 6.45) is -1.33. The molecule has 3 aromatic heterocycles. The van der Waals surface area contributed by atoms with Gasteiger partial charge >= 0.3 is 6.18 Å². The molecule has 5 rings (SSSR count). The number of nitrogens with zero attached hydrogens (tertiary/aromatic N) is 4. The fraction of sp³-hybridized carbons (Fsp3) is 0.308. The largest absolute Gasteiger partial charge is 0.416 e. The van der Waals surface area contributed by atoms with Crippen molar-refractivity contribution in [1.82, 2.24) is 30.4 Å². The van der Waals surface area contributed by atoms with E-state index in [1.165, 1.54) is 18.3 Å². The first-order valence-electron chi connectivity index (χ1n) is 11.7. The van der Waals surface area contributed by atoms with Gasteiger partial charge in [-0.2, -0.15) is 18.3 Å². The van der Waals surface area contributed by atoms with E-state index in [-0.39, 0.29) is 11.5 Å². The third-order valence-corrected chi connectivity index (χ3v) is 6.67. The second-order valence-corrected chi connectivity index (χ2v) is 9.00. The Morgan fingerprint density at radius 1 is 1.17 bits per heavy atom. The molecule has 7 nitrogen and oxygen atoms in total. The van der Waals surface area contributed by atoms with E-state index in [1.807, 2.05) is 30.9 Å². The molecule has 0 radical (unpaired) electrons. The Morgan fingerprint density at radius 3 is 2.72 bits per heavy atom. The molecule has 1 aliphatic heterocycles. The lowest BCUT2D eigenvalue weighted by atomic mass is 9.90. The molecule has 1 aliphatic rings. The van der Waals surface area contributed by atoms with Gasteiger partial charge in [-0.15, -0.1) is 0 Å². The number of aromatic nitrogens is 4. The van der Waals surface area contributed by atoms with Gasteiger partial charge in [-0.25, -0.2) is 4.98 Å². The minimum atomic E-state index is -4.47. The van der Waals surface area contributed by atoms with Crippen LogP contribution in [0.1, 0.15) is 40.0 Å². The van der Waals surface area contributed by atoms with Gasteiger partial charge in [0.25, 0.3) is 5.91 Å². The molecule has 1 fully saturated rings. The zero-order valence-electron chi connectivity index (χ0n) is 19.8. The first kappa shape index (κ1) is 23.9. The second kappa shape index (κ2) is 9.34. The van der Waals surface area contributed by atoms with Gasteiger partial charge in [0.2, 0.25) is 0 Å². The summed E-state index contributed by atoms with van der Waals surface area (Å²) < 4.78 is 41.2. The maximum atomic E-state index is 13.7. The van der Waals surface area contributed by atoms with Crippen LogP contribution < -0.4 is 5.32 Å². The van der Waals surface area contributed by atoms with Gasteiger partial charge < -0.3 is 10.2 Å². The summed E-state index contributed by atoms with van der Waals surface area (Å²) in [5.74, 6) is -0.882. The highest BCUT2D eigenvalue weighted by Crippen LogP contribution is 2.38. The molecule has 1 amide bonds. The Morgan fingerprint density at radius 2 is 1.97 bits per heavy atom. The highest BCUT2D eigenvalue weighted by Gasteiger charge is 2.40. The highest BCUT2D eigenvalue weighted by molar-refractivity contribution is 6.00. The van der Waals surface area contributed by atoms with Crippen LogP contribution in [-0.2, 0) is 6.18 Å². The number of likely N-dealkylation sites (tertiary alicyclic amines) is 1. The van der Waals surface area contributed by atoms with Crippen LogP contribution in [-0.4, -0.2) is 56.6 Å². The number of carbonyl (C=O) groups is 1. The van der Waals surface area contributed by atoms with E-state index in [9.17, 15) is 18.0 Å². The average Bonchev–Trinajstić information content (AvgIpc) is 3.47. The summed E-state index contributed by atoms with van der Waals surface area (Å²) in [5.41, 5.74) is 2.70. The average molecular weight is 495 g/mol. The minimum Gasteiger partial charge on any atom is -0.347 e. The summed E-state index contributed by atoms with van der Waals surface area (Å²) in [5, 5.41) is 10.9. The number of fused-ring (bicyclic) bond motifs is 1. The Bertz CT molecular complexity index is 1420. The molecular weight excluding hydrogens is 469 g/mol. The summed E-state index contributed by atoms with van der Waals surface area (Å²) in [4.78, 5) is 23.9. The predicted molar refractivity (Wildman–Crippen MR) is 129 cm³/mol. The molecule has 0 aliphatic carbocycles. The van der Waals surface area contributed by atoms with E-state index in [1.54, 1.807) is 18.3 Å². The van der Waals surface area contributed by atoms with Crippen LogP contribution in [0.4, 0.5) is 13.2 Å². The molecule has 0 spiro atoms. The zero-order chi connectivity index (χ0) is 25.4. The number of alkyl halides is 3. The van der Waals surface area contributed by atoms with Gasteiger partial charge in [0, 0.05) is 54.1 Å². The van der Waals surface area contributed by atoms with E-state index in [0.29, 0.717) is 41.9 Å². The van der Waals surface area contributed by atoms with Crippen molar-refractivity contribution in [3.63, 3.8) is 0 Å². The number of hydrogen-bond acceptors (Lipinski definition) is 5. The molecule has 186 valence electrons. The van der Waals surface area contributed by atoms with E-state index >= 15 is 0 Å². The van der Waals surface area contributed by atoms with Crippen molar-refractivity contribution in [2.24, 2.45) is 0 Å². The van der Waals surface area contributed by atoms with Gasteiger partial charge in [-0.1, -0.05) is 25.1 Å². The first-order valence-corrected chi connectivity index (χ1v) is 11.7. The summed E-state index contributed by atoms with van der Waals surface area (Å²) in [6.45, 7) is 5.40. The van der Waals surface area contributed by atoms with E-state index in [2.05, 4.69) is 25.5 Å². The third-order valence-electron chi connectivity index (χ3n) is 6.67. The number of carbonyl (C=O) groups excluding carboxylic acids is 1. The van der Waals surface area contributed by atoms with Gasteiger partial charge in [0.1, 0.15) is 5.69 Å². The van der Waals surface area contributed by atoms with Gasteiger partial charge in [0.15, 0.2) is 5.65 Å². The van der Waals surface area contributed by atoms with E-state index in [0.717, 1.165) is 17.3 Å². The van der Waals surface area contributed by atoms with Crippen molar-refractivity contribution in [2.75, 3.05) is 19.6 Å². The number of amides is 1. The van der Waals surface area contributed by atoms with Crippen molar-refractivity contribution < 1.29 is 18.0 Å². The standard InChI is InChI=1S/C26H25F3N6O/c1-3-35-13-20(18-6-4-5-7-21(18)26(27,28)29)22(14-35)32-25(36)17-11-19-23(33-34-24(19)31-12-17)16-8-9-30-15(2)10-16/h4-12,20,22H,3,13-14H2,1-2H3,(H,32,36)(H,31,33,34)/t20-,22+/m0/s1. The number of halogens is 3. The lowest BCUT2D eigenvalue weighted by Crippen LogP contribution is -2.40. The molecule has 2 atom stereocenters. The Balaban J connectivity index is 1.45. The van der Waals surface area contributed by atoms with Crippen molar-refractivity contribution in [3.8, 4) is 11.3 Å². The molecule has 4 heterocycles. The molecule has 0 saturated carbocycles. The second-order valence-electron chi connectivity index (χ2n) is 9.00. The monoisotopic (exact) mass is 494 g/mol. The lowest BCUT2D eigenvalue weighted by Gasteiger charge is -2.23. The first-order chi connectivity index (χ1) is 17.2. The summed E-state index contributed by atoms with van der Waals surface area (Å²) >= 11 is 0. The fourth-order valence-electron chi connectivity index (χ4n) is 4.88. The minimum absolute atomic E-state index is 0.199. The molecule has 36 heavy (non-hydrogen) atoms. The van der Waals surface area contributed by atoms with E-state index < -0.39 is 23.7 Å². The van der Waals surface area contributed by atoms with Gasteiger partial charge in [-0.05, 0) is 43.3 Å². The van der Waals surface area contributed by atoms with Crippen LogP contribution in [0.3, 0.4) is 0 Å². The molecule has 0 unspecified atom stereocenters. The zero-order valence-corrected chi connectivity index (χ0v) is 19.8. The number of benzene rings is 1. The van der Waals surface area contributed by atoms with Crippen molar-refractivity contribution in [3.05, 3.63) is 77.2 Å². The number of nitrogens with one attached hydrogen (secondary N) is 2. The van der Waals surface area contributed by atoms with Crippen molar-refractivity contribution in [2.45, 2.75) is 32.0 Å². The van der Waals surface area contributed by atoms with Gasteiger partial charge in [-0.3, -0.25) is 14.9 Å². The number of H-pyrrole nitrogens is 1. The lowest BCUT2D eigenvalue weighted by molar-refractivity contribution is -0.138. The molecule has 10 heteroatoms. The quantitative estimate of drug-likeness (QED) is 0.425. The number of pyridine rings is 2. The normalized spacial score (nSPS) is 18.6.